The summed E-state index contributed by atoms with van der Waals surface area (Å²) < 4.78 is 52.7. The average molecular weight is 304 g/mol. The molecule has 0 unspecified atom stereocenters. The van der Waals surface area contributed by atoms with Crippen molar-refractivity contribution in [2.24, 2.45) is 5.92 Å². The van der Waals surface area contributed by atoms with E-state index in [0.717, 1.165) is 42.1 Å². The Morgan fingerprint density at radius 3 is 2.50 bits per heavy atom. The molecule has 0 spiro atoms. The van der Waals surface area contributed by atoms with Gasteiger partial charge in [-0.05, 0) is 30.9 Å². The molecule has 1 saturated carbocycles. The van der Waals surface area contributed by atoms with Gasteiger partial charge in [-0.3, -0.25) is 0 Å². The molecule has 112 valence electrons. The second-order valence-corrected chi connectivity index (χ2v) is 7.26. The lowest BCUT2D eigenvalue weighted by Gasteiger charge is -2.21. The SMILES string of the molecule is CN(CC1CCCC1)S(=O)(=O)c1cc(N)cc(F)c1F. The fraction of sp³-hybridized carbons (Fsp3) is 0.538. The number of benzene rings is 1. The Kier molecular flexibility index (Phi) is 4.29. The molecule has 7 heteroatoms. The van der Waals surface area contributed by atoms with Crippen LogP contribution < -0.4 is 5.73 Å². The van der Waals surface area contributed by atoms with Crippen LogP contribution in [-0.2, 0) is 10.0 Å². The Bertz CT molecular complexity index is 599. The third-order valence-electron chi connectivity index (χ3n) is 3.70. The van der Waals surface area contributed by atoms with Gasteiger partial charge in [-0.1, -0.05) is 12.8 Å². The Morgan fingerprint density at radius 2 is 1.90 bits per heavy atom. The molecular weight excluding hydrogens is 286 g/mol. The molecule has 20 heavy (non-hydrogen) atoms. The summed E-state index contributed by atoms with van der Waals surface area (Å²) in [7, 11) is -2.68. The van der Waals surface area contributed by atoms with Gasteiger partial charge in [0.25, 0.3) is 0 Å². The van der Waals surface area contributed by atoms with E-state index in [0.29, 0.717) is 6.54 Å². The molecule has 0 heterocycles. The first-order valence-corrected chi connectivity index (χ1v) is 7.97. The Balaban J connectivity index is 2.29. The molecule has 0 aromatic heterocycles. The van der Waals surface area contributed by atoms with Gasteiger partial charge in [-0.2, -0.15) is 0 Å². The third-order valence-corrected chi connectivity index (χ3v) is 5.52. The van der Waals surface area contributed by atoms with Crippen molar-refractivity contribution in [2.45, 2.75) is 30.6 Å². The molecule has 0 radical (unpaired) electrons. The van der Waals surface area contributed by atoms with Crippen molar-refractivity contribution in [2.75, 3.05) is 19.3 Å². The first-order chi connectivity index (χ1) is 9.32. The zero-order valence-electron chi connectivity index (χ0n) is 11.3. The monoisotopic (exact) mass is 304 g/mol. The summed E-state index contributed by atoms with van der Waals surface area (Å²) in [5.41, 5.74) is 5.28. The predicted octanol–water partition coefficient (Wildman–Crippen LogP) is 2.36. The van der Waals surface area contributed by atoms with Gasteiger partial charge in [0.15, 0.2) is 11.6 Å². The van der Waals surface area contributed by atoms with Crippen molar-refractivity contribution in [3.8, 4) is 0 Å². The summed E-state index contributed by atoms with van der Waals surface area (Å²) in [6, 6.07) is 1.73. The van der Waals surface area contributed by atoms with Crippen LogP contribution in [0, 0.1) is 17.6 Å². The van der Waals surface area contributed by atoms with Crippen LogP contribution in [-0.4, -0.2) is 26.3 Å². The number of halogens is 2. The number of nitrogen functional groups attached to an aromatic ring is 1. The Morgan fingerprint density at radius 1 is 1.30 bits per heavy atom. The van der Waals surface area contributed by atoms with Gasteiger partial charge in [0.1, 0.15) is 4.90 Å². The van der Waals surface area contributed by atoms with Gasteiger partial charge >= 0.3 is 0 Å². The van der Waals surface area contributed by atoms with Gasteiger partial charge in [0.2, 0.25) is 10.0 Å². The van der Waals surface area contributed by atoms with Crippen molar-refractivity contribution in [3.63, 3.8) is 0 Å². The highest BCUT2D eigenvalue weighted by Crippen LogP contribution is 2.28. The molecule has 4 nitrogen and oxygen atoms in total. The van der Waals surface area contributed by atoms with Gasteiger partial charge in [0, 0.05) is 19.3 Å². The molecule has 1 aliphatic carbocycles. The van der Waals surface area contributed by atoms with E-state index in [1.807, 2.05) is 0 Å². The first-order valence-electron chi connectivity index (χ1n) is 6.53. The molecule has 0 amide bonds. The lowest BCUT2D eigenvalue weighted by Crippen LogP contribution is -2.32. The smallest absolute Gasteiger partial charge is 0.245 e. The minimum atomic E-state index is -4.06. The lowest BCUT2D eigenvalue weighted by molar-refractivity contribution is 0.383. The first kappa shape index (κ1) is 15.2. The zero-order chi connectivity index (χ0) is 14.9. The number of hydrogen-bond acceptors (Lipinski definition) is 3. The standard InChI is InChI=1S/C13H18F2N2O2S/c1-17(8-9-4-2-3-5-9)20(18,19)12-7-10(16)6-11(14)13(12)15/h6-7,9H,2-5,8,16H2,1H3. The zero-order valence-corrected chi connectivity index (χ0v) is 12.1. The normalized spacial score (nSPS) is 17.0. The minimum Gasteiger partial charge on any atom is -0.399 e. The van der Waals surface area contributed by atoms with Gasteiger partial charge < -0.3 is 5.73 Å². The molecule has 1 aromatic carbocycles. The van der Waals surface area contributed by atoms with E-state index >= 15 is 0 Å². The molecule has 0 saturated heterocycles. The Labute approximate surface area is 117 Å². The van der Waals surface area contributed by atoms with E-state index in [-0.39, 0.29) is 11.6 Å². The largest absolute Gasteiger partial charge is 0.399 e. The molecule has 2 N–H and O–H groups in total. The number of rotatable bonds is 4. The maximum absolute atomic E-state index is 13.7. The van der Waals surface area contributed by atoms with E-state index < -0.39 is 26.6 Å². The highest BCUT2D eigenvalue weighted by molar-refractivity contribution is 7.89. The summed E-state index contributed by atoms with van der Waals surface area (Å²) in [4.78, 5) is -0.699. The van der Waals surface area contributed by atoms with Crippen molar-refractivity contribution in [1.82, 2.24) is 4.31 Å². The number of hydrogen-bond donors (Lipinski definition) is 1. The second-order valence-electron chi connectivity index (χ2n) is 5.25. The van der Waals surface area contributed by atoms with Crippen molar-refractivity contribution in [1.29, 1.82) is 0 Å². The number of sulfonamides is 1. The Hall–Kier alpha value is -1.21. The number of nitrogens with two attached hydrogens (primary N) is 1. The van der Waals surface area contributed by atoms with Crippen molar-refractivity contribution in [3.05, 3.63) is 23.8 Å². The molecule has 1 aliphatic rings. The van der Waals surface area contributed by atoms with Crippen molar-refractivity contribution >= 4 is 15.7 Å². The fourth-order valence-electron chi connectivity index (χ4n) is 2.59. The third kappa shape index (κ3) is 2.93. The minimum absolute atomic E-state index is 0.114. The molecule has 0 bridgehead atoms. The van der Waals surface area contributed by atoms with Crippen LogP contribution in [0.2, 0.25) is 0 Å². The summed E-state index contributed by atoms with van der Waals surface area (Å²) in [6.45, 7) is 0.318. The summed E-state index contributed by atoms with van der Waals surface area (Å²) >= 11 is 0. The van der Waals surface area contributed by atoms with E-state index in [9.17, 15) is 17.2 Å². The number of nitrogens with zero attached hydrogens (tertiary/aromatic N) is 1. The van der Waals surface area contributed by atoms with Crippen LogP contribution in [0.25, 0.3) is 0 Å². The van der Waals surface area contributed by atoms with Gasteiger partial charge in [-0.15, -0.1) is 0 Å². The van der Waals surface area contributed by atoms with E-state index in [1.54, 1.807) is 0 Å². The van der Waals surface area contributed by atoms with Crippen LogP contribution in [0.1, 0.15) is 25.7 Å². The van der Waals surface area contributed by atoms with E-state index in [4.69, 9.17) is 5.73 Å². The highest BCUT2D eigenvalue weighted by atomic mass is 32.2. The summed E-state index contributed by atoms with van der Waals surface area (Å²) in [5, 5.41) is 0. The average Bonchev–Trinajstić information content (AvgIpc) is 2.86. The molecule has 0 atom stereocenters. The lowest BCUT2D eigenvalue weighted by atomic mass is 10.1. The topological polar surface area (TPSA) is 63.4 Å². The predicted molar refractivity (Wildman–Crippen MR) is 72.5 cm³/mol. The molecular formula is C13H18F2N2O2S. The molecule has 1 fully saturated rings. The van der Waals surface area contributed by atoms with Crippen LogP contribution in [0.5, 0.6) is 0 Å². The summed E-state index contributed by atoms with van der Waals surface area (Å²) in [5.74, 6) is -2.35. The molecule has 2 rings (SSSR count). The molecule has 1 aromatic rings. The van der Waals surface area contributed by atoms with Gasteiger partial charge in [-0.25, -0.2) is 21.5 Å². The molecule has 0 aliphatic heterocycles. The maximum atomic E-state index is 13.7. The van der Waals surface area contributed by atoms with E-state index in [2.05, 4.69) is 0 Å². The second kappa shape index (κ2) is 5.65. The van der Waals surface area contributed by atoms with Crippen molar-refractivity contribution < 1.29 is 17.2 Å². The number of anilines is 1. The van der Waals surface area contributed by atoms with E-state index in [1.165, 1.54) is 7.05 Å². The van der Waals surface area contributed by atoms with Crippen LogP contribution in [0.3, 0.4) is 0 Å². The summed E-state index contributed by atoms with van der Waals surface area (Å²) in [6.07, 6.45) is 4.10. The fourth-order valence-corrected chi connectivity index (χ4v) is 3.95. The van der Waals surface area contributed by atoms with Crippen LogP contribution in [0.4, 0.5) is 14.5 Å². The van der Waals surface area contributed by atoms with Crippen LogP contribution in [0.15, 0.2) is 17.0 Å². The highest BCUT2D eigenvalue weighted by Gasteiger charge is 2.29. The van der Waals surface area contributed by atoms with Crippen LogP contribution >= 0.6 is 0 Å². The maximum Gasteiger partial charge on any atom is 0.245 e. The quantitative estimate of drug-likeness (QED) is 0.869. The van der Waals surface area contributed by atoms with Gasteiger partial charge in [0.05, 0.1) is 0 Å².